The predicted molar refractivity (Wildman–Crippen MR) is 125 cm³/mol. The number of rotatable bonds is 6. The number of nitrogens with one attached hydrogen (secondary N) is 3. The molecule has 34 heavy (non-hydrogen) atoms. The zero-order valence-corrected chi connectivity index (χ0v) is 19.0. The lowest BCUT2D eigenvalue weighted by Crippen LogP contribution is -2.49. The van der Waals surface area contributed by atoms with Gasteiger partial charge in [0.2, 0.25) is 11.9 Å². The van der Waals surface area contributed by atoms with Gasteiger partial charge >= 0.3 is 0 Å². The molecule has 178 valence electrons. The number of aromatic amines is 1. The van der Waals surface area contributed by atoms with Crippen molar-refractivity contribution in [3.05, 3.63) is 30.6 Å². The quantitative estimate of drug-likeness (QED) is 0.396. The third-order valence-electron chi connectivity index (χ3n) is 6.47. The highest BCUT2D eigenvalue weighted by atomic mass is 19.3. The fraction of sp³-hybridized carbons (Fsp3) is 0.435. The van der Waals surface area contributed by atoms with E-state index in [4.69, 9.17) is 0 Å². The molecule has 1 saturated carbocycles. The Morgan fingerprint density at radius 1 is 1.32 bits per heavy atom. The summed E-state index contributed by atoms with van der Waals surface area (Å²) in [6.07, 6.45) is 4.69. The van der Waals surface area contributed by atoms with Gasteiger partial charge < -0.3 is 15.6 Å². The molecule has 3 N–H and O–H groups in total. The van der Waals surface area contributed by atoms with Gasteiger partial charge in [-0.05, 0) is 50.3 Å². The van der Waals surface area contributed by atoms with Crippen LogP contribution in [-0.2, 0) is 11.3 Å². The number of halogens is 2. The van der Waals surface area contributed by atoms with Crippen LogP contribution in [0.4, 0.5) is 14.7 Å². The summed E-state index contributed by atoms with van der Waals surface area (Å²) in [6, 6.07) is 5.69. The van der Waals surface area contributed by atoms with Crippen LogP contribution in [0, 0.1) is 0 Å². The minimum absolute atomic E-state index is 0.000803. The number of carbonyl (C=O) groups is 1. The van der Waals surface area contributed by atoms with E-state index in [1.165, 1.54) is 4.68 Å². The van der Waals surface area contributed by atoms with Crippen LogP contribution >= 0.6 is 0 Å². The number of fused-ring (bicyclic) bond motifs is 2. The molecule has 0 radical (unpaired) electrons. The highest BCUT2D eigenvalue weighted by Crippen LogP contribution is 2.32. The smallest absolute Gasteiger partial charge is 0.258 e. The molecule has 0 unspecified atom stereocenters. The fourth-order valence-corrected chi connectivity index (χ4v) is 4.75. The number of H-pyrrole nitrogens is 1. The third kappa shape index (κ3) is 4.42. The molecule has 1 amide bonds. The van der Waals surface area contributed by atoms with E-state index in [0.717, 1.165) is 42.2 Å². The zero-order chi connectivity index (χ0) is 23.9. The van der Waals surface area contributed by atoms with Gasteiger partial charge in [0.1, 0.15) is 17.7 Å². The van der Waals surface area contributed by atoms with Gasteiger partial charge in [0, 0.05) is 41.8 Å². The highest BCUT2D eigenvalue weighted by Gasteiger charge is 2.32. The highest BCUT2D eigenvalue weighted by molar-refractivity contribution is 5.95. The number of aromatic nitrogens is 6. The number of carbonyl (C=O) groups excluding carboxylic acids is 1. The van der Waals surface area contributed by atoms with Crippen LogP contribution in [0.2, 0.25) is 0 Å². The summed E-state index contributed by atoms with van der Waals surface area (Å²) in [5.41, 5.74) is 3.35. The van der Waals surface area contributed by atoms with Gasteiger partial charge in [0.15, 0.2) is 0 Å². The number of amides is 1. The molecule has 0 spiro atoms. The van der Waals surface area contributed by atoms with Gasteiger partial charge in [-0.25, -0.2) is 18.4 Å². The van der Waals surface area contributed by atoms with Crippen molar-refractivity contribution in [1.82, 2.24) is 35.3 Å². The molecule has 11 heteroatoms. The first-order valence-electron chi connectivity index (χ1n) is 11.3. The van der Waals surface area contributed by atoms with Crippen LogP contribution in [0.15, 0.2) is 30.6 Å². The van der Waals surface area contributed by atoms with Crippen LogP contribution < -0.4 is 10.6 Å². The van der Waals surface area contributed by atoms with Crippen molar-refractivity contribution in [2.75, 3.05) is 5.32 Å². The predicted octanol–water partition coefficient (Wildman–Crippen LogP) is 3.88. The Bertz CT molecular complexity index is 1340. The molecule has 1 aliphatic carbocycles. The van der Waals surface area contributed by atoms with Crippen LogP contribution in [0.5, 0.6) is 0 Å². The summed E-state index contributed by atoms with van der Waals surface area (Å²) in [7, 11) is 0. The van der Waals surface area contributed by atoms with Crippen LogP contribution in [0.1, 0.15) is 39.5 Å². The van der Waals surface area contributed by atoms with E-state index in [1.807, 2.05) is 12.3 Å². The average molecular weight is 469 g/mol. The molecule has 1 aliphatic rings. The first kappa shape index (κ1) is 22.2. The largest absolute Gasteiger partial charge is 0.351 e. The summed E-state index contributed by atoms with van der Waals surface area (Å²) in [4.78, 5) is 23.8. The van der Waals surface area contributed by atoms with Gasteiger partial charge in [0.25, 0.3) is 6.43 Å². The Hall–Kier alpha value is -3.63. The number of hydrogen-bond acceptors (Lipinski definition) is 6. The van der Waals surface area contributed by atoms with Crippen molar-refractivity contribution >= 4 is 33.9 Å². The van der Waals surface area contributed by atoms with E-state index in [9.17, 15) is 13.6 Å². The average Bonchev–Trinajstić information content (AvgIpc) is 3.38. The molecule has 0 atom stereocenters. The molecule has 0 saturated heterocycles. The first-order chi connectivity index (χ1) is 16.3. The number of anilines is 1. The van der Waals surface area contributed by atoms with Gasteiger partial charge in [-0.1, -0.05) is 11.3 Å². The van der Waals surface area contributed by atoms with E-state index in [0.29, 0.717) is 22.6 Å². The molecule has 4 aromatic rings. The van der Waals surface area contributed by atoms with E-state index in [2.05, 4.69) is 42.8 Å². The van der Waals surface area contributed by atoms with Gasteiger partial charge in [0.05, 0.1) is 5.52 Å². The minimum atomic E-state index is -2.51. The zero-order valence-electron chi connectivity index (χ0n) is 19.0. The normalized spacial score (nSPS) is 20.8. The molecule has 3 aromatic heterocycles. The number of hydrogen-bond donors (Lipinski definition) is 3. The van der Waals surface area contributed by atoms with Gasteiger partial charge in [-0.2, -0.15) is 4.98 Å². The number of nitrogens with zero attached hydrogens (tertiary/aromatic N) is 5. The maximum absolute atomic E-state index is 12.9. The minimum Gasteiger partial charge on any atom is -0.351 e. The lowest BCUT2D eigenvalue weighted by Gasteiger charge is -2.38. The second kappa shape index (κ2) is 8.62. The molecular formula is C23H26F2N8O. The summed E-state index contributed by atoms with van der Waals surface area (Å²) < 4.78 is 27.0. The van der Waals surface area contributed by atoms with Crippen molar-refractivity contribution in [3.8, 4) is 11.1 Å². The topological polar surface area (TPSA) is 113 Å². The van der Waals surface area contributed by atoms with Crippen molar-refractivity contribution in [2.45, 2.75) is 64.1 Å². The molecule has 0 bridgehead atoms. The van der Waals surface area contributed by atoms with Crippen molar-refractivity contribution in [2.24, 2.45) is 0 Å². The molecule has 0 aliphatic heterocycles. The summed E-state index contributed by atoms with van der Waals surface area (Å²) >= 11 is 0. The number of alkyl halides is 2. The second-order valence-electron chi connectivity index (χ2n) is 9.18. The molecule has 1 fully saturated rings. The Labute approximate surface area is 194 Å². The third-order valence-corrected chi connectivity index (χ3v) is 6.47. The Balaban J connectivity index is 1.34. The van der Waals surface area contributed by atoms with Crippen molar-refractivity contribution in [1.29, 1.82) is 0 Å². The molecular weight excluding hydrogens is 442 g/mol. The standard InChI is InChI=1S/C23H26F2N8O/c1-13(34)30-23(2)7-5-15(6-8-23)28-22-27-11-17-16(10-26-21(17)29-22)14-3-4-18-19(9-14)33(32-31-18)12-20(24)25/h3-4,9-11,15,20H,5-8,12H2,1-2H3,(H,30,34)(H2,26,27,28,29). The van der Waals surface area contributed by atoms with E-state index in [-0.39, 0.29) is 17.5 Å². The first-order valence-corrected chi connectivity index (χ1v) is 11.3. The summed E-state index contributed by atoms with van der Waals surface area (Å²) in [5, 5.41) is 15.1. The maximum atomic E-state index is 12.9. The van der Waals surface area contributed by atoms with Gasteiger partial charge in [-0.15, -0.1) is 5.10 Å². The molecule has 9 nitrogen and oxygen atoms in total. The Morgan fingerprint density at radius 2 is 2.12 bits per heavy atom. The van der Waals surface area contributed by atoms with E-state index in [1.54, 1.807) is 25.3 Å². The molecule has 3 heterocycles. The molecule has 1 aromatic carbocycles. The van der Waals surface area contributed by atoms with Crippen molar-refractivity contribution in [3.63, 3.8) is 0 Å². The lowest BCUT2D eigenvalue weighted by molar-refractivity contribution is -0.121. The van der Waals surface area contributed by atoms with Gasteiger partial charge in [-0.3, -0.25) is 4.79 Å². The number of benzene rings is 1. The van der Waals surface area contributed by atoms with Crippen molar-refractivity contribution < 1.29 is 13.6 Å². The fourth-order valence-electron chi connectivity index (χ4n) is 4.75. The SMILES string of the molecule is CC(=O)NC1(C)CCC(Nc2ncc3c(-c4ccc5nnn(CC(F)F)c5c4)c[nH]c3n2)CC1. The second-order valence-corrected chi connectivity index (χ2v) is 9.18. The van der Waals surface area contributed by atoms with E-state index < -0.39 is 13.0 Å². The Kier molecular flexibility index (Phi) is 5.62. The maximum Gasteiger partial charge on any atom is 0.258 e. The monoisotopic (exact) mass is 468 g/mol. The summed E-state index contributed by atoms with van der Waals surface area (Å²) in [6.45, 7) is 3.13. The summed E-state index contributed by atoms with van der Waals surface area (Å²) in [5.74, 6) is 0.544. The lowest BCUT2D eigenvalue weighted by atomic mass is 9.81. The van der Waals surface area contributed by atoms with Crippen LogP contribution in [0.3, 0.4) is 0 Å². The van der Waals surface area contributed by atoms with Crippen LogP contribution in [-0.4, -0.2) is 53.9 Å². The van der Waals surface area contributed by atoms with Crippen LogP contribution in [0.25, 0.3) is 33.2 Å². The Morgan fingerprint density at radius 3 is 2.85 bits per heavy atom. The molecule has 5 rings (SSSR count). The van der Waals surface area contributed by atoms with E-state index >= 15 is 0 Å².